The second-order valence-electron chi connectivity index (χ2n) is 5.16. The van der Waals surface area contributed by atoms with Crippen LogP contribution in [0.15, 0.2) is 6.07 Å². The minimum atomic E-state index is 0.707. The van der Waals surface area contributed by atoms with Crippen molar-refractivity contribution in [2.24, 2.45) is 7.05 Å². The second kappa shape index (κ2) is 5.65. The Morgan fingerprint density at radius 2 is 2.24 bits per heavy atom. The minimum absolute atomic E-state index is 0.707. The number of likely N-dealkylation sites (N-methyl/N-ethyl adjacent to an activating group) is 1. The van der Waals surface area contributed by atoms with Gasteiger partial charge in [-0.25, -0.2) is 0 Å². The summed E-state index contributed by atoms with van der Waals surface area (Å²) in [6.07, 6.45) is 4.06. The molecule has 1 aliphatic rings. The Bertz CT molecular complexity index is 358. The molecule has 2 rings (SSSR count). The van der Waals surface area contributed by atoms with Gasteiger partial charge in [-0.05, 0) is 39.4 Å². The first kappa shape index (κ1) is 12.6. The molecule has 0 spiro atoms. The van der Waals surface area contributed by atoms with Gasteiger partial charge in [-0.15, -0.1) is 0 Å². The van der Waals surface area contributed by atoms with E-state index < -0.39 is 0 Å². The zero-order valence-corrected chi connectivity index (χ0v) is 11.2. The average molecular weight is 236 g/mol. The fourth-order valence-corrected chi connectivity index (χ4v) is 2.60. The lowest BCUT2D eigenvalue weighted by Crippen LogP contribution is -2.43. The predicted molar refractivity (Wildman–Crippen MR) is 69.9 cm³/mol. The summed E-state index contributed by atoms with van der Waals surface area (Å²) >= 11 is 0. The van der Waals surface area contributed by atoms with Crippen LogP contribution < -0.4 is 5.32 Å². The quantitative estimate of drug-likeness (QED) is 0.855. The van der Waals surface area contributed by atoms with Crippen LogP contribution in [0.4, 0.5) is 0 Å². The van der Waals surface area contributed by atoms with Crippen LogP contribution in [-0.4, -0.2) is 40.9 Å². The standard InChI is InChI=1S/C13H24N4/c1-11-8-13(17(3)15-11)10-14-9-12-6-4-5-7-16(12)2/h8,12,14H,4-7,9-10H2,1-3H3. The Labute approximate surface area is 104 Å². The van der Waals surface area contributed by atoms with Crippen LogP contribution in [-0.2, 0) is 13.6 Å². The van der Waals surface area contributed by atoms with Crippen LogP contribution in [0.2, 0.25) is 0 Å². The highest BCUT2D eigenvalue weighted by molar-refractivity contribution is 5.08. The summed E-state index contributed by atoms with van der Waals surface area (Å²) in [7, 11) is 4.25. The highest BCUT2D eigenvalue weighted by atomic mass is 15.3. The SMILES string of the molecule is Cc1cc(CNCC2CCCCN2C)n(C)n1. The molecule has 0 bridgehead atoms. The monoisotopic (exact) mass is 236 g/mol. The number of piperidine rings is 1. The van der Waals surface area contributed by atoms with E-state index in [9.17, 15) is 0 Å². The van der Waals surface area contributed by atoms with Crippen LogP contribution in [0.3, 0.4) is 0 Å². The molecule has 1 aromatic rings. The van der Waals surface area contributed by atoms with E-state index in [4.69, 9.17) is 0 Å². The molecule has 1 atom stereocenters. The van der Waals surface area contributed by atoms with E-state index in [2.05, 4.69) is 28.4 Å². The number of aryl methyl sites for hydroxylation is 2. The number of nitrogens with zero attached hydrogens (tertiary/aromatic N) is 3. The molecule has 1 saturated heterocycles. The fourth-order valence-electron chi connectivity index (χ4n) is 2.60. The van der Waals surface area contributed by atoms with Gasteiger partial charge in [0.05, 0.1) is 11.4 Å². The van der Waals surface area contributed by atoms with Crippen LogP contribution in [0.1, 0.15) is 30.7 Å². The van der Waals surface area contributed by atoms with Gasteiger partial charge in [0.15, 0.2) is 0 Å². The minimum Gasteiger partial charge on any atom is -0.310 e. The van der Waals surface area contributed by atoms with Gasteiger partial charge < -0.3 is 10.2 Å². The number of hydrogen-bond donors (Lipinski definition) is 1. The van der Waals surface area contributed by atoms with Crippen LogP contribution in [0, 0.1) is 6.92 Å². The van der Waals surface area contributed by atoms with Crippen molar-refractivity contribution in [1.29, 1.82) is 0 Å². The van der Waals surface area contributed by atoms with Crippen LogP contribution >= 0.6 is 0 Å². The molecule has 1 unspecified atom stereocenters. The lowest BCUT2D eigenvalue weighted by Gasteiger charge is -2.32. The highest BCUT2D eigenvalue weighted by Crippen LogP contribution is 2.14. The van der Waals surface area contributed by atoms with Crippen molar-refractivity contribution in [3.63, 3.8) is 0 Å². The maximum atomic E-state index is 4.36. The molecule has 0 amide bonds. The van der Waals surface area contributed by atoms with Crippen molar-refractivity contribution in [1.82, 2.24) is 20.0 Å². The summed E-state index contributed by atoms with van der Waals surface area (Å²) in [6.45, 7) is 5.29. The molecule has 96 valence electrons. The van der Waals surface area contributed by atoms with E-state index in [0.717, 1.165) is 18.8 Å². The number of aromatic nitrogens is 2. The van der Waals surface area contributed by atoms with Crippen LogP contribution in [0.5, 0.6) is 0 Å². The predicted octanol–water partition coefficient (Wildman–Crippen LogP) is 1.30. The van der Waals surface area contributed by atoms with Crippen molar-refractivity contribution in [3.05, 3.63) is 17.5 Å². The van der Waals surface area contributed by atoms with Gasteiger partial charge in [0.2, 0.25) is 0 Å². The molecule has 1 aromatic heterocycles. The largest absolute Gasteiger partial charge is 0.310 e. The van der Waals surface area contributed by atoms with Gasteiger partial charge in [-0.2, -0.15) is 5.10 Å². The first-order valence-corrected chi connectivity index (χ1v) is 6.57. The number of likely N-dealkylation sites (tertiary alicyclic amines) is 1. The van der Waals surface area contributed by atoms with E-state index in [1.54, 1.807) is 0 Å². The summed E-state index contributed by atoms with van der Waals surface area (Å²) < 4.78 is 1.97. The van der Waals surface area contributed by atoms with E-state index in [-0.39, 0.29) is 0 Å². The van der Waals surface area contributed by atoms with Crippen molar-refractivity contribution >= 4 is 0 Å². The molecule has 17 heavy (non-hydrogen) atoms. The summed E-state index contributed by atoms with van der Waals surface area (Å²) in [5.41, 5.74) is 2.36. The summed E-state index contributed by atoms with van der Waals surface area (Å²) in [5.74, 6) is 0. The highest BCUT2D eigenvalue weighted by Gasteiger charge is 2.18. The molecule has 0 aliphatic carbocycles. The Morgan fingerprint density at radius 3 is 2.88 bits per heavy atom. The Kier molecular flexibility index (Phi) is 4.18. The smallest absolute Gasteiger partial charge is 0.0597 e. The van der Waals surface area contributed by atoms with Gasteiger partial charge in [0.25, 0.3) is 0 Å². The lowest BCUT2D eigenvalue weighted by atomic mass is 10.0. The second-order valence-corrected chi connectivity index (χ2v) is 5.16. The third-order valence-corrected chi connectivity index (χ3v) is 3.71. The fraction of sp³-hybridized carbons (Fsp3) is 0.769. The average Bonchev–Trinajstić information content (AvgIpc) is 2.60. The molecular formula is C13H24N4. The normalized spacial score (nSPS) is 21.9. The van der Waals surface area contributed by atoms with E-state index >= 15 is 0 Å². The number of rotatable bonds is 4. The molecule has 4 heteroatoms. The maximum absolute atomic E-state index is 4.36. The Hall–Kier alpha value is -0.870. The lowest BCUT2D eigenvalue weighted by molar-refractivity contribution is 0.181. The van der Waals surface area contributed by atoms with E-state index in [0.29, 0.717) is 6.04 Å². The maximum Gasteiger partial charge on any atom is 0.0597 e. The van der Waals surface area contributed by atoms with Crippen molar-refractivity contribution in [3.8, 4) is 0 Å². The molecule has 1 N–H and O–H groups in total. The molecule has 1 aliphatic heterocycles. The van der Waals surface area contributed by atoms with Gasteiger partial charge in [0.1, 0.15) is 0 Å². The third kappa shape index (κ3) is 3.30. The molecule has 4 nitrogen and oxygen atoms in total. The molecule has 0 saturated carbocycles. The molecular weight excluding hydrogens is 212 g/mol. The Balaban J connectivity index is 1.77. The molecule has 2 heterocycles. The third-order valence-electron chi connectivity index (χ3n) is 3.71. The van der Waals surface area contributed by atoms with Crippen molar-refractivity contribution in [2.75, 3.05) is 20.1 Å². The Morgan fingerprint density at radius 1 is 1.41 bits per heavy atom. The van der Waals surface area contributed by atoms with Crippen LogP contribution in [0.25, 0.3) is 0 Å². The van der Waals surface area contributed by atoms with Gasteiger partial charge in [-0.3, -0.25) is 4.68 Å². The summed E-state index contributed by atoms with van der Waals surface area (Å²) in [5, 5.41) is 7.91. The van der Waals surface area contributed by atoms with Crippen molar-refractivity contribution in [2.45, 2.75) is 38.8 Å². The van der Waals surface area contributed by atoms with Gasteiger partial charge in [0, 0.05) is 26.2 Å². The molecule has 1 fully saturated rings. The first-order valence-electron chi connectivity index (χ1n) is 6.57. The number of hydrogen-bond acceptors (Lipinski definition) is 3. The van der Waals surface area contributed by atoms with Crippen molar-refractivity contribution < 1.29 is 0 Å². The van der Waals surface area contributed by atoms with E-state index in [1.165, 1.54) is 31.5 Å². The molecule has 0 radical (unpaired) electrons. The zero-order valence-electron chi connectivity index (χ0n) is 11.2. The summed E-state index contributed by atoms with van der Waals surface area (Å²) in [6, 6.07) is 2.86. The van der Waals surface area contributed by atoms with Gasteiger partial charge in [-0.1, -0.05) is 6.42 Å². The topological polar surface area (TPSA) is 33.1 Å². The zero-order chi connectivity index (χ0) is 12.3. The summed E-state index contributed by atoms with van der Waals surface area (Å²) in [4.78, 5) is 2.48. The van der Waals surface area contributed by atoms with E-state index in [1.807, 2.05) is 18.7 Å². The van der Waals surface area contributed by atoms with Gasteiger partial charge >= 0.3 is 0 Å². The molecule has 0 aromatic carbocycles. The first-order chi connectivity index (χ1) is 8.16. The number of nitrogens with one attached hydrogen (secondary N) is 1.